The number of nitrogens with zero attached hydrogens (tertiary/aromatic N) is 2. The fourth-order valence-electron chi connectivity index (χ4n) is 2.16. The predicted molar refractivity (Wildman–Crippen MR) is 59.4 cm³/mol. The Morgan fingerprint density at radius 1 is 1.33 bits per heavy atom. The third-order valence-corrected chi connectivity index (χ3v) is 3.45. The summed E-state index contributed by atoms with van der Waals surface area (Å²) in [6.45, 7) is 5.76. The van der Waals surface area contributed by atoms with Gasteiger partial charge in [0.25, 0.3) is 0 Å². The highest BCUT2D eigenvalue weighted by atomic mass is 16.2. The van der Waals surface area contributed by atoms with Crippen LogP contribution in [0, 0.1) is 0 Å². The normalized spacial score (nSPS) is 25.3. The number of piperazine rings is 1. The molecule has 0 bridgehead atoms. The van der Waals surface area contributed by atoms with Gasteiger partial charge in [-0.15, -0.1) is 0 Å². The van der Waals surface area contributed by atoms with E-state index in [0.717, 1.165) is 38.6 Å². The fourth-order valence-corrected chi connectivity index (χ4v) is 2.16. The van der Waals surface area contributed by atoms with Crippen molar-refractivity contribution in [2.45, 2.75) is 38.3 Å². The van der Waals surface area contributed by atoms with Crippen molar-refractivity contribution in [1.82, 2.24) is 9.80 Å². The summed E-state index contributed by atoms with van der Waals surface area (Å²) < 4.78 is 0. The van der Waals surface area contributed by atoms with Crippen LogP contribution < -0.4 is 5.73 Å². The van der Waals surface area contributed by atoms with E-state index in [2.05, 4.69) is 4.90 Å². The molecule has 2 rings (SSSR count). The maximum absolute atomic E-state index is 11.8. The zero-order chi connectivity index (χ0) is 10.8. The Morgan fingerprint density at radius 2 is 1.93 bits per heavy atom. The van der Waals surface area contributed by atoms with Gasteiger partial charge in [0.15, 0.2) is 0 Å². The Balaban J connectivity index is 1.79. The molecule has 0 aromatic heterocycles. The first-order valence-corrected chi connectivity index (χ1v) is 6.00. The van der Waals surface area contributed by atoms with Crippen LogP contribution in [-0.4, -0.2) is 54.0 Å². The van der Waals surface area contributed by atoms with Gasteiger partial charge in [-0.3, -0.25) is 9.69 Å². The number of rotatable bonds is 3. The molecular weight excluding hydrogens is 190 g/mol. The van der Waals surface area contributed by atoms with Crippen molar-refractivity contribution in [2.75, 3.05) is 26.2 Å². The largest absolute Gasteiger partial charge is 0.339 e. The van der Waals surface area contributed by atoms with Crippen LogP contribution in [0.4, 0.5) is 0 Å². The second-order valence-corrected chi connectivity index (χ2v) is 4.61. The first-order valence-electron chi connectivity index (χ1n) is 6.00. The van der Waals surface area contributed by atoms with E-state index in [1.54, 1.807) is 0 Å². The molecule has 0 radical (unpaired) electrons. The van der Waals surface area contributed by atoms with E-state index < -0.39 is 0 Å². The highest BCUT2D eigenvalue weighted by Gasteiger charge is 2.32. The minimum Gasteiger partial charge on any atom is -0.339 e. The van der Waals surface area contributed by atoms with Crippen molar-refractivity contribution in [3.05, 3.63) is 0 Å². The Bertz CT molecular complexity index is 232. The standard InChI is InChI=1S/C11H21N3O/c1-2-10(12)11(15)14-7-5-13(6-8-14)9-3-4-9/h9-10H,2-8,12H2,1H3/t10-/m1/s1. The molecule has 1 atom stereocenters. The maximum atomic E-state index is 11.8. The Kier molecular flexibility index (Phi) is 3.26. The van der Waals surface area contributed by atoms with Gasteiger partial charge in [-0.1, -0.05) is 6.92 Å². The van der Waals surface area contributed by atoms with Gasteiger partial charge in [0.05, 0.1) is 6.04 Å². The molecule has 0 aromatic rings. The van der Waals surface area contributed by atoms with Crippen LogP contribution in [0.2, 0.25) is 0 Å². The van der Waals surface area contributed by atoms with Gasteiger partial charge in [0.2, 0.25) is 5.91 Å². The molecule has 1 aliphatic carbocycles. The van der Waals surface area contributed by atoms with Gasteiger partial charge in [-0.05, 0) is 19.3 Å². The molecule has 15 heavy (non-hydrogen) atoms. The lowest BCUT2D eigenvalue weighted by atomic mass is 10.2. The van der Waals surface area contributed by atoms with Crippen LogP contribution in [0.3, 0.4) is 0 Å². The summed E-state index contributed by atoms with van der Waals surface area (Å²) in [5.41, 5.74) is 5.75. The summed E-state index contributed by atoms with van der Waals surface area (Å²) >= 11 is 0. The summed E-state index contributed by atoms with van der Waals surface area (Å²) in [5.74, 6) is 0.132. The van der Waals surface area contributed by atoms with Gasteiger partial charge in [0, 0.05) is 32.2 Å². The number of carbonyl (C=O) groups is 1. The highest BCUT2D eigenvalue weighted by molar-refractivity contribution is 5.81. The van der Waals surface area contributed by atoms with Crippen molar-refractivity contribution in [3.63, 3.8) is 0 Å². The van der Waals surface area contributed by atoms with Gasteiger partial charge in [-0.2, -0.15) is 0 Å². The van der Waals surface area contributed by atoms with Crippen LogP contribution in [0.1, 0.15) is 26.2 Å². The molecule has 0 unspecified atom stereocenters. The van der Waals surface area contributed by atoms with Crippen LogP contribution in [0.5, 0.6) is 0 Å². The van der Waals surface area contributed by atoms with E-state index in [4.69, 9.17) is 5.73 Å². The predicted octanol–water partition coefficient (Wildman–Crippen LogP) is 0.0303. The van der Waals surface area contributed by atoms with Crippen LogP contribution in [-0.2, 0) is 4.79 Å². The number of amides is 1. The summed E-state index contributed by atoms with van der Waals surface area (Å²) in [6.07, 6.45) is 3.44. The maximum Gasteiger partial charge on any atom is 0.239 e. The van der Waals surface area contributed by atoms with Gasteiger partial charge in [0.1, 0.15) is 0 Å². The van der Waals surface area contributed by atoms with Crippen molar-refractivity contribution >= 4 is 5.91 Å². The van der Waals surface area contributed by atoms with Gasteiger partial charge in [-0.25, -0.2) is 0 Å². The second-order valence-electron chi connectivity index (χ2n) is 4.61. The molecule has 2 N–H and O–H groups in total. The zero-order valence-corrected chi connectivity index (χ0v) is 9.48. The van der Waals surface area contributed by atoms with Crippen molar-refractivity contribution in [1.29, 1.82) is 0 Å². The molecule has 1 aliphatic heterocycles. The van der Waals surface area contributed by atoms with E-state index in [-0.39, 0.29) is 11.9 Å². The molecule has 86 valence electrons. The molecule has 0 spiro atoms. The fraction of sp³-hybridized carbons (Fsp3) is 0.909. The summed E-state index contributed by atoms with van der Waals surface area (Å²) in [5, 5.41) is 0. The third-order valence-electron chi connectivity index (χ3n) is 3.45. The molecule has 0 aromatic carbocycles. The van der Waals surface area contributed by atoms with Crippen molar-refractivity contribution < 1.29 is 4.79 Å². The SMILES string of the molecule is CC[C@@H](N)C(=O)N1CCN(C2CC2)CC1. The Labute approximate surface area is 91.4 Å². The molecule has 1 heterocycles. The molecule has 1 saturated carbocycles. The van der Waals surface area contributed by atoms with Crippen LogP contribution in [0.25, 0.3) is 0 Å². The molecular formula is C11H21N3O. The lowest BCUT2D eigenvalue weighted by molar-refractivity contribution is -0.134. The monoisotopic (exact) mass is 211 g/mol. The number of hydrogen-bond acceptors (Lipinski definition) is 3. The van der Waals surface area contributed by atoms with E-state index >= 15 is 0 Å². The summed E-state index contributed by atoms with van der Waals surface area (Å²) in [6, 6.07) is 0.527. The van der Waals surface area contributed by atoms with E-state index in [0.29, 0.717) is 0 Å². The third kappa shape index (κ3) is 2.49. The van der Waals surface area contributed by atoms with Gasteiger partial charge < -0.3 is 10.6 Å². The first-order chi connectivity index (χ1) is 7.22. The Hall–Kier alpha value is -0.610. The number of nitrogens with two attached hydrogens (primary N) is 1. The van der Waals surface area contributed by atoms with E-state index in [1.807, 2.05) is 11.8 Å². The van der Waals surface area contributed by atoms with E-state index in [1.165, 1.54) is 12.8 Å². The van der Waals surface area contributed by atoms with Gasteiger partial charge >= 0.3 is 0 Å². The number of hydrogen-bond donors (Lipinski definition) is 1. The quantitative estimate of drug-likeness (QED) is 0.716. The minimum atomic E-state index is -0.294. The first kappa shape index (κ1) is 10.9. The smallest absolute Gasteiger partial charge is 0.239 e. The van der Waals surface area contributed by atoms with Crippen molar-refractivity contribution in [2.24, 2.45) is 5.73 Å². The molecule has 4 nitrogen and oxygen atoms in total. The molecule has 1 saturated heterocycles. The van der Waals surface area contributed by atoms with Crippen LogP contribution >= 0.6 is 0 Å². The van der Waals surface area contributed by atoms with E-state index in [9.17, 15) is 4.79 Å². The lowest BCUT2D eigenvalue weighted by Gasteiger charge is -2.35. The number of carbonyl (C=O) groups excluding carboxylic acids is 1. The summed E-state index contributed by atoms with van der Waals surface area (Å²) in [7, 11) is 0. The molecule has 1 amide bonds. The zero-order valence-electron chi connectivity index (χ0n) is 9.48. The topological polar surface area (TPSA) is 49.6 Å². The average Bonchev–Trinajstić information content (AvgIpc) is 3.11. The summed E-state index contributed by atoms with van der Waals surface area (Å²) in [4.78, 5) is 16.2. The molecule has 2 fully saturated rings. The average molecular weight is 211 g/mol. The van der Waals surface area contributed by atoms with Crippen molar-refractivity contribution in [3.8, 4) is 0 Å². The minimum absolute atomic E-state index is 0.132. The highest BCUT2D eigenvalue weighted by Crippen LogP contribution is 2.27. The lowest BCUT2D eigenvalue weighted by Crippen LogP contribution is -2.53. The molecule has 2 aliphatic rings. The van der Waals surface area contributed by atoms with Crippen LogP contribution in [0.15, 0.2) is 0 Å². The second kappa shape index (κ2) is 4.49. The molecule has 4 heteroatoms. The Morgan fingerprint density at radius 3 is 2.40 bits per heavy atom.